The van der Waals surface area contributed by atoms with Gasteiger partial charge in [-0.25, -0.2) is 4.79 Å². The van der Waals surface area contributed by atoms with Gasteiger partial charge in [0.15, 0.2) is 0 Å². The SMILES string of the molecule is Cn1c(C(=O)NCc2ccc(C(N)=O)cc2)cc(=O)n(C)c1=O. The molecule has 120 valence electrons. The molecular formula is C15H16N4O4. The van der Waals surface area contributed by atoms with Gasteiger partial charge in [0.1, 0.15) is 5.69 Å². The van der Waals surface area contributed by atoms with E-state index in [1.165, 1.54) is 14.1 Å². The molecule has 0 spiro atoms. The highest BCUT2D eigenvalue weighted by atomic mass is 16.2. The third kappa shape index (κ3) is 3.37. The van der Waals surface area contributed by atoms with E-state index < -0.39 is 23.1 Å². The van der Waals surface area contributed by atoms with Crippen LogP contribution in [0.3, 0.4) is 0 Å². The number of nitrogens with two attached hydrogens (primary N) is 1. The zero-order valence-electron chi connectivity index (χ0n) is 12.7. The van der Waals surface area contributed by atoms with Crippen LogP contribution >= 0.6 is 0 Å². The maximum atomic E-state index is 12.1. The van der Waals surface area contributed by atoms with Crippen LogP contribution in [0.4, 0.5) is 0 Å². The van der Waals surface area contributed by atoms with Gasteiger partial charge >= 0.3 is 5.69 Å². The van der Waals surface area contributed by atoms with Crippen LogP contribution in [0.1, 0.15) is 26.4 Å². The molecule has 23 heavy (non-hydrogen) atoms. The summed E-state index contributed by atoms with van der Waals surface area (Å²) in [4.78, 5) is 46.5. The van der Waals surface area contributed by atoms with E-state index in [1.54, 1.807) is 24.3 Å². The van der Waals surface area contributed by atoms with E-state index >= 15 is 0 Å². The van der Waals surface area contributed by atoms with Gasteiger partial charge in [0.2, 0.25) is 5.91 Å². The fourth-order valence-corrected chi connectivity index (χ4v) is 2.01. The average Bonchev–Trinajstić information content (AvgIpc) is 2.54. The predicted octanol–water partition coefficient (Wildman–Crippen LogP) is -0.887. The molecule has 0 fully saturated rings. The molecule has 0 unspecified atom stereocenters. The van der Waals surface area contributed by atoms with Crippen LogP contribution in [0.2, 0.25) is 0 Å². The minimum absolute atomic E-state index is 0.0214. The Hall–Kier alpha value is -3.16. The van der Waals surface area contributed by atoms with Crippen LogP contribution in [0.15, 0.2) is 39.9 Å². The average molecular weight is 316 g/mol. The van der Waals surface area contributed by atoms with Crippen LogP contribution in [0.25, 0.3) is 0 Å². The van der Waals surface area contributed by atoms with E-state index in [-0.39, 0.29) is 12.2 Å². The molecule has 3 N–H and O–H groups in total. The molecule has 8 heteroatoms. The van der Waals surface area contributed by atoms with E-state index in [4.69, 9.17) is 5.73 Å². The number of nitrogens with one attached hydrogen (secondary N) is 1. The van der Waals surface area contributed by atoms with Gasteiger partial charge in [-0.1, -0.05) is 12.1 Å². The van der Waals surface area contributed by atoms with Crippen LogP contribution in [-0.2, 0) is 20.6 Å². The summed E-state index contributed by atoms with van der Waals surface area (Å²) in [6.45, 7) is 0.182. The molecule has 1 aromatic carbocycles. The van der Waals surface area contributed by atoms with Gasteiger partial charge in [0.05, 0.1) is 0 Å². The highest BCUT2D eigenvalue weighted by Gasteiger charge is 2.13. The third-order valence-corrected chi connectivity index (χ3v) is 3.45. The predicted molar refractivity (Wildman–Crippen MR) is 83.1 cm³/mol. The summed E-state index contributed by atoms with van der Waals surface area (Å²) >= 11 is 0. The minimum Gasteiger partial charge on any atom is -0.366 e. The van der Waals surface area contributed by atoms with Crippen LogP contribution in [0.5, 0.6) is 0 Å². The van der Waals surface area contributed by atoms with Crippen molar-refractivity contribution < 1.29 is 9.59 Å². The first kappa shape index (κ1) is 16.2. The van der Waals surface area contributed by atoms with Gasteiger partial charge in [-0.15, -0.1) is 0 Å². The Morgan fingerprint density at radius 2 is 1.70 bits per heavy atom. The molecule has 0 atom stereocenters. The number of rotatable bonds is 4. The number of hydrogen-bond donors (Lipinski definition) is 2. The van der Waals surface area contributed by atoms with Crippen LogP contribution < -0.4 is 22.3 Å². The summed E-state index contributed by atoms with van der Waals surface area (Å²) in [5, 5.41) is 2.62. The quantitative estimate of drug-likeness (QED) is 0.761. The van der Waals surface area contributed by atoms with Crippen molar-refractivity contribution in [1.82, 2.24) is 14.5 Å². The Balaban J connectivity index is 2.16. The molecule has 0 radical (unpaired) electrons. The molecule has 0 aliphatic rings. The van der Waals surface area contributed by atoms with Crippen molar-refractivity contribution in [1.29, 1.82) is 0 Å². The summed E-state index contributed by atoms with van der Waals surface area (Å²) in [6.07, 6.45) is 0. The van der Waals surface area contributed by atoms with Crippen molar-refractivity contribution in [2.24, 2.45) is 19.8 Å². The lowest BCUT2D eigenvalue weighted by molar-refractivity contribution is 0.0939. The van der Waals surface area contributed by atoms with Gasteiger partial charge < -0.3 is 11.1 Å². The normalized spacial score (nSPS) is 10.3. The Bertz CT molecular complexity index is 878. The first-order valence-electron chi connectivity index (χ1n) is 6.75. The fraction of sp³-hybridized carbons (Fsp3) is 0.200. The first-order valence-corrected chi connectivity index (χ1v) is 6.75. The van der Waals surface area contributed by atoms with E-state index in [2.05, 4.69) is 5.32 Å². The summed E-state index contributed by atoms with van der Waals surface area (Å²) < 4.78 is 2.02. The Labute approximate surface area is 131 Å². The summed E-state index contributed by atoms with van der Waals surface area (Å²) in [5.74, 6) is -1.07. The standard InChI is InChI=1S/C15H16N4O4/c1-18-11(7-12(20)19(2)15(18)23)14(22)17-8-9-3-5-10(6-4-9)13(16)21/h3-7H,8H2,1-2H3,(H2,16,21)(H,17,22). The number of amides is 2. The number of carbonyl (C=O) groups is 2. The van der Waals surface area contributed by atoms with E-state index in [0.717, 1.165) is 20.8 Å². The first-order chi connectivity index (χ1) is 10.8. The van der Waals surface area contributed by atoms with Crippen LogP contribution in [0, 0.1) is 0 Å². The second-order valence-electron chi connectivity index (χ2n) is 5.01. The van der Waals surface area contributed by atoms with Gasteiger partial charge in [-0.3, -0.25) is 23.5 Å². The highest BCUT2D eigenvalue weighted by Crippen LogP contribution is 2.04. The van der Waals surface area contributed by atoms with Crippen molar-refractivity contribution >= 4 is 11.8 Å². The van der Waals surface area contributed by atoms with Crippen molar-refractivity contribution in [2.45, 2.75) is 6.54 Å². The van der Waals surface area contributed by atoms with E-state index in [1.807, 2.05) is 0 Å². The number of hydrogen-bond acceptors (Lipinski definition) is 4. The van der Waals surface area contributed by atoms with Crippen molar-refractivity contribution in [3.8, 4) is 0 Å². The molecule has 2 aromatic rings. The minimum atomic E-state index is -0.575. The second kappa shape index (κ2) is 6.30. The zero-order chi connectivity index (χ0) is 17.1. The van der Waals surface area contributed by atoms with Gasteiger partial charge in [0, 0.05) is 32.3 Å². The zero-order valence-corrected chi connectivity index (χ0v) is 12.7. The van der Waals surface area contributed by atoms with E-state index in [0.29, 0.717) is 5.56 Å². The molecular weight excluding hydrogens is 300 g/mol. The highest BCUT2D eigenvalue weighted by molar-refractivity contribution is 5.93. The number of aromatic nitrogens is 2. The van der Waals surface area contributed by atoms with Gasteiger partial charge in [-0.2, -0.15) is 0 Å². The molecule has 0 aliphatic heterocycles. The number of benzene rings is 1. The number of carbonyl (C=O) groups excluding carboxylic acids is 2. The van der Waals surface area contributed by atoms with Crippen molar-refractivity contribution in [3.63, 3.8) is 0 Å². The lowest BCUT2D eigenvalue weighted by Crippen LogP contribution is -2.41. The largest absolute Gasteiger partial charge is 0.366 e. The van der Waals surface area contributed by atoms with E-state index in [9.17, 15) is 19.2 Å². The van der Waals surface area contributed by atoms with Crippen molar-refractivity contribution in [3.05, 3.63) is 68.0 Å². The number of nitrogens with zero attached hydrogens (tertiary/aromatic N) is 2. The molecule has 1 aromatic heterocycles. The fourth-order valence-electron chi connectivity index (χ4n) is 2.01. The molecule has 2 rings (SSSR count). The third-order valence-electron chi connectivity index (χ3n) is 3.45. The molecule has 0 saturated carbocycles. The smallest absolute Gasteiger partial charge is 0.331 e. The topological polar surface area (TPSA) is 116 Å². The molecule has 1 heterocycles. The molecule has 8 nitrogen and oxygen atoms in total. The van der Waals surface area contributed by atoms with Crippen LogP contribution in [-0.4, -0.2) is 20.9 Å². The second-order valence-corrected chi connectivity index (χ2v) is 5.01. The lowest BCUT2D eigenvalue weighted by Gasteiger charge is -2.10. The number of primary amides is 1. The lowest BCUT2D eigenvalue weighted by atomic mass is 10.1. The summed E-state index contributed by atoms with van der Waals surface area (Å²) in [7, 11) is 2.75. The Morgan fingerprint density at radius 1 is 1.09 bits per heavy atom. The Kier molecular flexibility index (Phi) is 4.44. The Morgan fingerprint density at radius 3 is 2.26 bits per heavy atom. The summed E-state index contributed by atoms with van der Waals surface area (Å²) in [5.41, 5.74) is 5.11. The molecule has 0 aliphatic carbocycles. The van der Waals surface area contributed by atoms with Gasteiger partial charge in [-0.05, 0) is 17.7 Å². The molecule has 0 bridgehead atoms. The maximum Gasteiger partial charge on any atom is 0.331 e. The molecule has 2 amide bonds. The summed E-state index contributed by atoms with van der Waals surface area (Å²) in [6, 6.07) is 7.52. The van der Waals surface area contributed by atoms with Crippen molar-refractivity contribution in [2.75, 3.05) is 0 Å². The monoisotopic (exact) mass is 316 g/mol. The molecule has 0 saturated heterocycles. The maximum absolute atomic E-state index is 12.1. The van der Waals surface area contributed by atoms with Gasteiger partial charge in [0.25, 0.3) is 11.5 Å².